The molecule has 0 saturated heterocycles. The number of carbonyl (C=O) groups excluding carboxylic acids is 1. The molecule has 1 aromatic rings. The van der Waals surface area contributed by atoms with Gasteiger partial charge in [-0.15, -0.1) is 0 Å². The van der Waals surface area contributed by atoms with Gasteiger partial charge in [-0.3, -0.25) is 0 Å². The van der Waals surface area contributed by atoms with Crippen molar-refractivity contribution in [2.75, 3.05) is 6.61 Å². The van der Waals surface area contributed by atoms with Gasteiger partial charge in [-0.1, -0.05) is 26.0 Å². The summed E-state index contributed by atoms with van der Waals surface area (Å²) in [5.41, 5.74) is 1.48. The van der Waals surface area contributed by atoms with Gasteiger partial charge in [-0.05, 0) is 36.5 Å². The number of rotatable bonds is 6. The van der Waals surface area contributed by atoms with Crippen LogP contribution in [0.25, 0.3) is 0 Å². The van der Waals surface area contributed by atoms with Gasteiger partial charge in [-0.2, -0.15) is 13.2 Å². The third-order valence-electron chi connectivity index (χ3n) is 2.67. The van der Waals surface area contributed by atoms with Gasteiger partial charge in [0, 0.05) is 6.42 Å². The van der Waals surface area contributed by atoms with E-state index in [1.807, 2.05) is 12.1 Å². The molecule has 0 spiro atoms. The number of alkyl halides is 3. The van der Waals surface area contributed by atoms with Gasteiger partial charge in [0.2, 0.25) is 0 Å². The van der Waals surface area contributed by atoms with Crippen molar-refractivity contribution in [3.63, 3.8) is 0 Å². The lowest BCUT2D eigenvalue weighted by atomic mass is 10.0. The summed E-state index contributed by atoms with van der Waals surface area (Å²) in [7, 11) is 0. The minimum absolute atomic E-state index is 0.208. The van der Waals surface area contributed by atoms with Crippen molar-refractivity contribution < 1.29 is 22.7 Å². The van der Waals surface area contributed by atoms with Gasteiger partial charge in [0.15, 0.2) is 0 Å². The summed E-state index contributed by atoms with van der Waals surface area (Å²) in [6.45, 7) is 3.98. The summed E-state index contributed by atoms with van der Waals surface area (Å²) >= 11 is 0. The van der Waals surface area contributed by atoms with E-state index >= 15 is 0 Å². The first-order valence-corrected chi connectivity index (χ1v) is 6.61. The number of hydrogen-bond donors (Lipinski definition) is 0. The SMILES string of the molecule is CC(C)Cc1ccc(C(=O)OCCCC(F)(F)F)cc1. The quantitative estimate of drug-likeness (QED) is 0.573. The van der Waals surface area contributed by atoms with E-state index in [0.29, 0.717) is 11.5 Å². The standard InChI is InChI=1S/C15H19F3O2/c1-11(2)10-12-4-6-13(7-5-12)14(19)20-9-3-8-15(16,17)18/h4-7,11H,3,8-10H2,1-2H3. The van der Waals surface area contributed by atoms with Crippen LogP contribution in [-0.4, -0.2) is 18.8 Å². The first-order valence-electron chi connectivity index (χ1n) is 6.61. The van der Waals surface area contributed by atoms with Crippen molar-refractivity contribution in [3.8, 4) is 0 Å². The Morgan fingerprint density at radius 3 is 2.30 bits per heavy atom. The number of ether oxygens (including phenoxy) is 1. The molecule has 0 bridgehead atoms. The van der Waals surface area contributed by atoms with Gasteiger partial charge in [0.05, 0.1) is 12.2 Å². The fourth-order valence-corrected chi connectivity index (χ4v) is 1.77. The highest BCUT2D eigenvalue weighted by atomic mass is 19.4. The maximum atomic E-state index is 11.9. The second-order valence-corrected chi connectivity index (χ2v) is 5.15. The van der Waals surface area contributed by atoms with Gasteiger partial charge in [0.25, 0.3) is 0 Å². The lowest BCUT2D eigenvalue weighted by Gasteiger charge is -2.08. The zero-order valence-corrected chi connectivity index (χ0v) is 11.7. The van der Waals surface area contributed by atoms with Crippen LogP contribution in [0.4, 0.5) is 13.2 Å². The Hall–Kier alpha value is -1.52. The van der Waals surface area contributed by atoms with Crippen LogP contribution in [0, 0.1) is 5.92 Å². The van der Waals surface area contributed by atoms with Crippen LogP contribution in [-0.2, 0) is 11.2 Å². The molecule has 1 rings (SSSR count). The first kappa shape index (κ1) is 16.5. The Morgan fingerprint density at radius 2 is 1.80 bits per heavy atom. The topological polar surface area (TPSA) is 26.3 Å². The summed E-state index contributed by atoms with van der Waals surface area (Å²) in [4.78, 5) is 11.6. The number of halogens is 3. The maximum absolute atomic E-state index is 11.9. The third kappa shape index (κ3) is 6.59. The molecule has 0 atom stereocenters. The molecule has 0 aliphatic heterocycles. The number of benzene rings is 1. The lowest BCUT2D eigenvalue weighted by Crippen LogP contribution is -2.11. The van der Waals surface area contributed by atoms with Crippen molar-refractivity contribution in [1.82, 2.24) is 0 Å². The van der Waals surface area contributed by atoms with Crippen molar-refractivity contribution in [3.05, 3.63) is 35.4 Å². The molecule has 5 heteroatoms. The monoisotopic (exact) mass is 288 g/mol. The molecule has 1 aromatic carbocycles. The molecule has 0 aliphatic rings. The van der Waals surface area contributed by atoms with Crippen molar-refractivity contribution >= 4 is 5.97 Å². The van der Waals surface area contributed by atoms with Crippen LogP contribution < -0.4 is 0 Å². The normalized spacial score (nSPS) is 11.7. The van der Waals surface area contributed by atoms with E-state index in [0.717, 1.165) is 12.0 Å². The molecule has 0 N–H and O–H groups in total. The lowest BCUT2D eigenvalue weighted by molar-refractivity contribution is -0.137. The molecule has 0 aromatic heterocycles. The van der Waals surface area contributed by atoms with E-state index in [1.54, 1.807) is 12.1 Å². The van der Waals surface area contributed by atoms with Crippen LogP contribution in [0.2, 0.25) is 0 Å². The van der Waals surface area contributed by atoms with E-state index in [9.17, 15) is 18.0 Å². The van der Waals surface area contributed by atoms with E-state index in [1.165, 1.54) is 0 Å². The van der Waals surface area contributed by atoms with Gasteiger partial charge in [-0.25, -0.2) is 4.79 Å². The fourth-order valence-electron chi connectivity index (χ4n) is 1.77. The van der Waals surface area contributed by atoms with Crippen LogP contribution in [0.1, 0.15) is 42.6 Å². The zero-order valence-electron chi connectivity index (χ0n) is 11.7. The van der Waals surface area contributed by atoms with Crippen molar-refractivity contribution in [2.45, 2.75) is 39.3 Å². The van der Waals surface area contributed by atoms with E-state index < -0.39 is 18.6 Å². The number of esters is 1. The minimum Gasteiger partial charge on any atom is -0.462 e. The molecule has 0 unspecified atom stereocenters. The first-order chi connectivity index (χ1) is 9.28. The molecule has 0 aliphatic carbocycles. The van der Waals surface area contributed by atoms with E-state index in [2.05, 4.69) is 13.8 Å². The Kier molecular flexibility index (Phi) is 6.05. The highest BCUT2D eigenvalue weighted by molar-refractivity contribution is 5.89. The van der Waals surface area contributed by atoms with Crippen LogP contribution in [0.5, 0.6) is 0 Å². The summed E-state index contributed by atoms with van der Waals surface area (Å²) < 4.78 is 40.5. The molecule has 0 saturated carbocycles. The van der Waals surface area contributed by atoms with Gasteiger partial charge >= 0.3 is 12.1 Å². The Morgan fingerprint density at radius 1 is 1.20 bits per heavy atom. The highest BCUT2D eigenvalue weighted by Gasteiger charge is 2.26. The zero-order chi connectivity index (χ0) is 15.2. The Bertz CT molecular complexity index is 422. The molecular formula is C15H19F3O2. The Balaban J connectivity index is 2.40. The van der Waals surface area contributed by atoms with Crippen LogP contribution >= 0.6 is 0 Å². The predicted molar refractivity (Wildman–Crippen MR) is 70.6 cm³/mol. The molecular weight excluding hydrogens is 269 g/mol. The number of carbonyl (C=O) groups is 1. The van der Waals surface area contributed by atoms with E-state index in [-0.39, 0.29) is 13.0 Å². The molecule has 20 heavy (non-hydrogen) atoms. The average Bonchev–Trinajstić information content (AvgIpc) is 2.33. The maximum Gasteiger partial charge on any atom is 0.389 e. The van der Waals surface area contributed by atoms with Crippen molar-refractivity contribution in [2.24, 2.45) is 5.92 Å². The molecule has 0 amide bonds. The van der Waals surface area contributed by atoms with Gasteiger partial charge < -0.3 is 4.74 Å². The van der Waals surface area contributed by atoms with Crippen molar-refractivity contribution in [1.29, 1.82) is 0 Å². The minimum atomic E-state index is -4.20. The second kappa shape index (κ2) is 7.31. The smallest absolute Gasteiger partial charge is 0.389 e. The fraction of sp³-hybridized carbons (Fsp3) is 0.533. The molecule has 112 valence electrons. The third-order valence-corrected chi connectivity index (χ3v) is 2.67. The van der Waals surface area contributed by atoms with Gasteiger partial charge in [0.1, 0.15) is 0 Å². The Labute approximate surface area is 116 Å². The highest BCUT2D eigenvalue weighted by Crippen LogP contribution is 2.21. The second-order valence-electron chi connectivity index (χ2n) is 5.15. The summed E-state index contributed by atoms with van der Waals surface area (Å²) in [6.07, 6.45) is -4.43. The largest absolute Gasteiger partial charge is 0.462 e. The van der Waals surface area contributed by atoms with Crippen LogP contribution in [0.15, 0.2) is 24.3 Å². The summed E-state index contributed by atoms with van der Waals surface area (Å²) in [6, 6.07) is 6.96. The summed E-state index contributed by atoms with van der Waals surface area (Å²) in [5, 5.41) is 0. The molecule has 0 heterocycles. The van der Waals surface area contributed by atoms with Crippen LogP contribution in [0.3, 0.4) is 0 Å². The number of hydrogen-bond acceptors (Lipinski definition) is 2. The molecule has 2 nitrogen and oxygen atoms in total. The summed E-state index contributed by atoms with van der Waals surface area (Å²) in [5.74, 6) is -0.0570. The molecule has 0 fully saturated rings. The molecule has 0 radical (unpaired) electrons. The van der Waals surface area contributed by atoms with E-state index in [4.69, 9.17) is 4.74 Å². The predicted octanol–water partition coefficient (Wildman–Crippen LogP) is 4.38. The average molecular weight is 288 g/mol.